The minimum absolute atomic E-state index is 1.01. The highest BCUT2D eigenvalue weighted by Crippen LogP contribution is 2.28. The lowest BCUT2D eigenvalue weighted by Gasteiger charge is -2.00. The summed E-state index contributed by atoms with van der Waals surface area (Å²) in [4.78, 5) is 10.5. The molecule has 2 aliphatic carbocycles. The number of nitrogens with zero attached hydrogens (tertiary/aromatic N) is 3. The first kappa shape index (κ1) is 19.2. The van der Waals surface area contributed by atoms with Gasteiger partial charge in [-0.2, -0.15) is 0 Å². The SMILES string of the molecule is BrC1=Cc2ccccc2C1.C1=C(n2ccnc2)Cc2ccccc21.c1c[nH]cn1. The maximum absolute atomic E-state index is 4.05. The third-order valence-electron chi connectivity index (χ3n) is 4.72. The molecule has 0 saturated heterocycles. The van der Waals surface area contributed by atoms with E-state index in [2.05, 4.69) is 96.1 Å². The summed E-state index contributed by atoms with van der Waals surface area (Å²) in [5, 5.41) is 0. The van der Waals surface area contributed by atoms with Crippen molar-refractivity contribution in [2.45, 2.75) is 12.8 Å². The van der Waals surface area contributed by atoms with Gasteiger partial charge >= 0.3 is 0 Å². The van der Waals surface area contributed by atoms with Crippen LogP contribution in [-0.4, -0.2) is 19.5 Å². The zero-order valence-electron chi connectivity index (χ0n) is 15.9. The lowest BCUT2D eigenvalue weighted by atomic mass is 10.1. The number of hydrogen-bond acceptors (Lipinski definition) is 2. The van der Waals surface area contributed by atoms with E-state index in [0.717, 1.165) is 12.8 Å². The number of imidazole rings is 2. The maximum Gasteiger partial charge on any atom is 0.0989 e. The van der Waals surface area contributed by atoms with E-state index in [1.807, 2.05) is 18.7 Å². The van der Waals surface area contributed by atoms with Crippen LogP contribution in [0.3, 0.4) is 0 Å². The van der Waals surface area contributed by atoms with Gasteiger partial charge in [-0.1, -0.05) is 64.5 Å². The van der Waals surface area contributed by atoms with Crippen molar-refractivity contribution in [3.05, 3.63) is 113 Å². The molecule has 2 heterocycles. The van der Waals surface area contributed by atoms with Crippen LogP contribution in [0.4, 0.5) is 0 Å². The second-order valence-electron chi connectivity index (χ2n) is 6.71. The molecule has 0 radical (unpaired) electrons. The van der Waals surface area contributed by atoms with Gasteiger partial charge in [-0.25, -0.2) is 9.97 Å². The van der Waals surface area contributed by atoms with Crippen LogP contribution in [-0.2, 0) is 12.8 Å². The minimum atomic E-state index is 1.01. The first-order valence-corrected chi connectivity index (χ1v) is 10.2. The van der Waals surface area contributed by atoms with Gasteiger partial charge in [-0.3, -0.25) is 0 Å². The largest absolute Gasteiger partial charge is 0.351 e. The molecule has 0 spiro atoms. The summed E-state index contributed by atoms with van der Waals surface area (Å²) in [5.74, 6) is 0. The average molecular weight is 445 g/mol. The molecule has 2 aliphatic rings. The monoisotopic (exact) mass is 444 g/mol. The normalized spacial score (nSPS) is 13.1. The molecule has 5 heteroatoms. The average Bonchev–Trinajstić information content (AvgIpc) is 3.55. The molecule has 0 amide bonds. The van der Waals surface area contributed by atoms with Gasteiger partial charge in [0.05, 0.1) is 12.7 Å². The lowest BCUT2D eigenvalue weighted by molar-refractivity contribution is 1.04. The fraction of sp³-hybridized carbons (Fsp3) is 0.0833. The van der Waals surface area contributed by atoms with Gasteiger partial charge in [0.2, 0.25) is 0 Å². The Hall–Kier alpha value is -3.18. The summed E-state index contributed by atoms with van der Waals surface area (Å²) >= 11 is 3.48. The highest BCUT2D eigenvalue weighted by Gasteiger charge is 2.12. The highest BCUT2D eigenvalue weighted by molar-refractivity contribution is 9.11. The quantitative estimate of drug-likeness (QED) is 0.401. The Balaban J connectivity index is 0.000000119. The molecule has 1 N–H and O–H groups in total. The Morgan fingerprint density at radius 3 is 2.10 bits per heavy atom. The van der Waals surface area contributed by atoms with E-state index in [1.54, 1.807) is 18.7 Å². The van der Waals surface area contributed by atoms with Crippen LogP contribution in [0.25, 0.3) is 17.8 Å². The number of aromatic amines is 1. The molecule has 29 heavy (non-hydrogen) atoms. The number of rotatable bonds is 1. The smallest absolute Gasteiger partial charge is 0.0989 e. The third kappa shape index (κ3) is 5.00. The second-order valence-corrected chi connectivity index (χ2v) is 7.73. The number of H-pyrrole nitrogens is 1. The topological polar surface area (TPSA) is 46.5 Å². The molecular weight excluding hydrogens is 424 g/mol. The van der Waals surface area contributed by atoms with E-state index in [4.69, 9.17) is 0 Å². The molecule has 6 rings (SSSR count). The Morgan fingerprint density at radius 2 is 1.55 bits per heavy atom. The van der Waals surface area contributed by atoms with Crippen molar-refractivity contribution in [1.29, 1.82) is 0 Å². The van der Waals surface area contributed by atoms with Crippen LogP contribution in [0.2, 0.25) is 0 Å². The van der Waals surface area contributed by atoms with Crippen molar-refractivity contribution in [3.63, 3.8) is 0 Å². The van der Waals surface area contributed by atoms with Crippen LogP contribution in [0.5, 0.6) is 0 Å². The Morgan fingerprint density at radius 1 is 0.828 bits per heavy atom. The van der Waals surface area contributed by atoms with Crippen molar-refractivity contribution in [1.82, 2.24) is 19.5 Å². The molecule has 2 aromatic heterocycles. The molecule has 2 aromatic carbocycles. The molecule has 0 atom stereocenters. The van der Waals surface area contributed by atoms with E-state index < -0.39 is 0 Å². The van der Waals surface area contributed by atoms with Gasteiger partial charge in [0.15, 0.2) is 0 Å². The van der Waals surface area contributed by atoms with Crippen LogP contribution in [0, 0.1) is 0 Å². The number of aromatic nitrogens is 4. The summed E-state index contributed by atoms with van der Waals surface area (Å²) in [7, 11) is 0. The first-order valence-electron chi connectivity index (χ1n) is 9.43. The predicted molar refractivity (Wildman–Crippen MR) is 122 cm³/mol. The van der Waals surface area contributed by atoms with Crippen molar-refractivity contribution < 1.29 is 0 Å². The van der Waals surface area contributed by atoms with Crippen LogP contribution < -0.4 is 0 Å². The molecule has 0 fully saturated rings. The van der Waals surface area contributed by atoms with E-state index in [9.17, 15) is 0 Å². The standard InChI is InChI=1S/C12H10N2.C9H7Br.C3H4N2/c1-2-4-11-8-12(7-10(11)3-1)14-6-5-13-9-14;10-9-5-7-3-1-2-4-8(7)6-9;1-2-5-3-4-1/h1-7,9H,8H2;1-5H,6H2;1-3H,(H,4,5). The number of hydrogen-bond donors (Lipinski definition) is 1. The van der Waals surface area contributed by atoms with Crippen LogP contribution >= 0.6 is 15.9 Å². The second kappa shape index (κ2) is 9.34. The number of allylic oxidation sites excluding steroid dienone is 2. The Labute approximate surface area is 178 Å². The minimum Gasteiger partial charge on any atom is -0.351 e. The fourth-order valence-electron chi connectivity index (χ4n) is 3.31. The van der Waals surface area contributed by atoms with E-state index >= 15 is 0 Å². The van der Waals surface area contributed by atoms with Crippen LogP contribution in [0.15, 0.2) is 90.5 Å². The molecule has 0 aliphatic heterocycles. The van der Waals surface area contributed by atoms with Crippen LogP contribution in [0.1, 0.15) is 22.3 Å². The summed E-state index contributed by atoms with van der Waals surface area (Å²) < 4.78 is 3.36. The van der Waals surface area contributed by atoms with Crippen molar-refractivity contribution >= 4 is 33.8 Å². The van der Waals surface area contributed by atoms with Gasteiger partial charge in [0.25, 0.3) is 0 Å². The van der Waals surface area contributed by atoms with E-state index in [1.165, 1.54) is 32.4 Å². The molecule has 4 nitrogen and oxygen atoms in total. The van der Waals surface area contributed by atoms with Crippen molar-refractivity contribution in [2.24, 2.45) is 0 Å². The molecule has 0 saturated carbocycles. The number of benzene rings is 2. The fourth-order valence-corrected chi connectivity index (χ4v) is 3.86. The zero-order chi connectivity index (χ0) is 19.9. The number of fused-ring (bicyclic) bond motifs is 2. The predicted octanol–water partition coefficient (Wildman–Crippen LogP) is 5.83. The van der Waals surface area contributed by atoms with Crippen molar-refractivity contribution in [3.8, 4) is 0 Å². The molecule has 4 aromatic rings. The summed E-state index contributed by atoms with van der Waals surface area (Å²) in [6.07, 6.45) is 17.2. The summed E-state index contributed by atoms with van der Waals surface area (Å²) in [6.45, 7) is 0. The Kier molecular flexibility index (Phi) is 6.17. The number of halogens is 1. The summed E-state index contributed by atoms with van der Waals surface area (Å²) in [5.41, 5.74) is 6.81. The highest BCUT2D eigenvalue weighted by atomic mass is 79.9. The molecule has 144 valence electrons. The van der Waals surface area contributed by atoms with Gasteiger partial charge in [0.1, 0.15) is 0 Å². The van der Waals surface area contributed by atoms with E-state index in [0.29, 0.717) is 0 Å². The molecular formula is C24H21BrN4. The first-order chi connectivity index (χ1) is 14.3. The molecule has 0 unspecified atom stereocenters. The van der Waals surface area contributed by atoms with E-state index in [-0.39, 0.29) is 0 Å². The molecule has 0 bridgehead atoms. The van der Waals surface area contributed by atoms with Gasteiger partial charge in [0, 0.05) is 47.8 Å². The lowest BCUT2D eigenvalue weighted by Crippen LogP contribution is -1.92. The number of nitrogens with one attached hydrogen (secondary N) is 1. The maximum atomic E-state index is 4.05. The van der Waals surface area contributed by atoms with Gasteiger partial charge < -0.3 is 9.55 Å². The van der Waals surface area contributed by atoms with Crippen molar-refractivity contribution in [2.75, 3.05) is 0 Å². The zero-order valence-corrected chi connectivity index (χ0v) is 17.5. The Bertz CT molecular complexity index is 1090. The summed E-state index contributed by atoms with van der Waals surface area (Å²) in [6, 6.07) is 17.0. The third-order valence-corrected chi connectivity index (χ3v) is 5.23. The van der Waals surface area contributed by atoms with Gasteiger partial charge in [-0.15, -0.1) is 0 Å². The van der Waals surface area contributed by atoms with Gasteiger partial charge in [-0.05, 0) is 34.4 Å².